The number of hydrogen-bond donors (Lipinski definition) is 1. The van der Waals surface area contributed by atoms with Gasteiger partial charge in [-0.1, -0.05) is 0 Å². The van der Waals surface area contributed by atoms with Crippen LogP contribution in [0.4, 0.5) is 0 Å². The molecule has 96 valence electrons. The van der Waals surface area contributed by atoms with Crippen molar-refractivity contribution in [2.75, 3.05) is 13.1 Å². The summed E-state index contributed by atoms with van der Waals surface area (Å²) in [6, 6.07) is 2.03. The maximum Gasteiger partial charge on any atom is 0.261 e. The Hall–Kier alpha value is -1.42. The number of piperidine rings is 1. The van der Waals surface area contributed by atoms with Gasteiger partial charge in [0.25, 0.3) is 5.56 Å². The number of aromatic nitrogens is 1. The van der Waals surface area contributed by atoms with Gasteiger partial charge >= 0.3 is 0 Å². The van der Waals surface area contributed by atoms with E-state index in [-0.39, 0.29) is 11.3 Å². The van der Waals surface area contributed by atoms with Crippen LogP contribution in [0.2, 0.25) is 0 Å². The Morgan fingerprint density at radius 1 is 1.44 bits per heavy atom. The molecule has 1 saturated heterocycles. The van der Waals surface area contributed by atoms with Crippen molar-refractivity contribution in [3.05, 3.63) is 33.2 Å². The van der Waals surface area contributed by atoms with Gasteiger partial charge in [-0.05, 0) is 44.4 Å². The number of fused-ring (bicyclic) bond motifs is 4. The lowest BCUT2D eigenvalue weighted by atomic mass is 9.83. The Bertz CT molecular complexity index is 574. The normalized spacial score (nSPS) is 25.7. The molecule has 4 nitrogen and oxygen atoms in total. The first kappa shape index (κ1) is 11.7. The molecule has 1 aromatic heterocycles. The van der Waals surface area contributed by atoms with Crippen molar-refractivity contribution in [1.29, 1.82) is 0 Å². The molecule has 0 amide bonds. The fourth-order valence-electron chi connectivity index (χ4n) is 3.40. The first-order valence-electron chi connectivity index (χ1n) is 6.54. The number of carbonyl (C=O) groups excluding carboxylic acids is 1. The average molecular weight is 246 g/mol. The van der Waals surface area contributed by atoms with Gasteiger partial charge in [-0.25, -0.2) is 0 Å². The monoisotopic (exact) mass is 246 g/mol. The highest BCUT2D eigenvalue weighted by atomic mass is 16.1. The number of Topliss-reactive ketones (excluding diaryl/α,β-unsaturated/α-hetero) is 1. The second-order valence-electron chi connectivity index (χ2n) is 5.56. The summed E-state index contributed by atoms with van der Waals surface area (Å²) in [7, 11) is 0. The molecule has 0 aliphatic carbocycles. The summed E-state index contributed by atoms with van der Waals surface area (Å²) in [5, 5.41) is 3.42. The zero-order valence-electron chi connectivity index (χ0n) is 10.8. The van der Waals surface area contributed by atoms with E-state index in [2.05, 4.69) is 5.32 Å². The molecule has 0 spiro atoms. The second kappa shape index (κ2) is 4.05. The minimum Gasteiger partial charge on any atom is -0.316 e. The summed E-state index contributed by atoms with van der Waals surface area (Å²) in [5.74, 6) is 0.822. The molecule has 2 bridgehead atoms. The molecular formula is C14H18N2O2. The van der Waals surface area contributed by atoms with E-state index in [1.54, 1.807) is 0 Å². The molecule has 4 heteroatoms. The standard InChI is InChI=1S/C14H18N2O2/c1-8-3-12-11-4-10(5-15-6-11)7-16(12)14(18)13(8)9(2)17/h3,10-11,15H,4-7H2,1-2H3. The Balaban J connectivity index is 2.22. The predicted octanol–water partition coefficient (Wildman–Crippen LogP) is 1.07. The third kappa shape index (κ3) is 1.63. The number of rotatable bonds is 1. The van der Waals surface area contributed by atoms with Crippen molar-refractivity contribution in [2.45, 2.75) is 32.7 Å². The van der Waals surface area contributed by atoms with E-state index in [1.807, 2.05) is 17.6 Å². The number of ketones is 1. The summed E-state index contributed by atoms with van der Waals surface area (Å²) >= 11 is 0. The number of nitrogens with zero attached hydrogens (tertiary/aromatic N) is 1. The second-order valence-corrected chi connectivity index (χ2v) is 5.56. The fourth-order valence-corrected chi connectivity index (χ4v) is 3.40. The highest BCUT2D eigenvalue weighted by Crippen LogP contribution is 2.32. The number of carbonyl (C=O) groups is 1. The molecule has 2 aliphatic rings. The lowest BCUT2D eigenvalue weighted by molar-refractivity contribution is 0.101. The minimum atomic E-state index is -0.123. The first-order valence-corrected chi connectivity index (χ1v) is 6.54. The van der Waals surface area contributed by atoms with Gasteiger partial charge in [-0.3, -0.25) is 9.59 Å². The Morgan fingerprint density at radius 2 is 2.22 bits per heavy atom. The molecule has 1 N–H and O–H groups in total. The topological polar surface area (TPSA) is 51.1 Å². The zero-order chi connectivity index (χ0) is 12.9. The first-order chi connectivity index (χ1) is 8.58. The molecule has 0 radical (unpaired) electrons. The van der Waals surface area contributed by atoms with Crippen LogP contribution in [0, 0.1) is 12.8 Å². The summed E-state index contributed by atoms with van der Waals surface area (Å²) in [4.78, 5) is 24.0. The summed E-state index contributed by atoms with van der Waals surface area (Å²) in [6.07, 6.45) is 1.16. The van der Waals surface area contributed by atoms with E-state index in [0.717, 1.165) is 37.3 Å². The largest absolute Gasteiger partial charge is 0.316 e. The minimum absolute atomic E-state index is 0.0888. The number of aryl methyl sites for hydroxylation is 1. The van der Waals surface area contributed by atoms with Crippen molar-refractivity contribution >= 4 is 5.78 Å². The third-order valence-electron chi connectivity index (χ3n) is 4.18. The maximum atomic E-state index is 12.4. The molecule has 18 heavy (non-hydrogen) atoms. The van der Waals surface area contributed by atoms with E-state index in [4.69, 9.17) is 0 Å². The zero-order valence-corrected chi connectivity index (χ0v) is 10.8. The van der Waals surface area contributed by atoms with Crippen LogP contribution in [0.3, 0.4) is 0 Å². The van der Waals surface area contributed by atoms with Crippen molar-refractivity contribution in [1.82, 2.24) is 9.88 Å². The summed E-state index contributed by atoms with van der Waals surface area (Å²) in [6.45, 7) is 6.00. The van der Waals surface area contributed by atoms with Gasteiger partial charge in [0, 0.05) is 24.7 Å². The molecule has 2 unspecified atom stereocenters. The van der Waals surface area contributed by atoms with Gasteiger partial charge in [-0.15, -0.1) is 0 Å². The van der Waals surface area contributed by atoms with Crippen LogP contribution in [0.1, 0.15) is 40.9 Å². The van der Waals surface area contributed by atoms with Crippen LogP contribution in [-0.4, -0.2) is 23.4 Å². The van der Waals surface area contributed by atoms with Crippen molar-refractivity contribution in [3.8, 4) is 0 Å². The number of nitrogens with one attached hydrogen (secondary N) is 1. The SMILES string of the molecule is CC(=O)c1c(C)cc2n(c1=O)CC1CNCC2C1. The molecule has 3 rings (SSSR count). The summed E-state index contributed by atoms with van der Waals surface area (Å²) in [5.41, 5.74) is 2.20. The van der Waals surface area contributed by atoms with Gasteiger partial charge in [0.1, 0.15) is 0 Å². The maximum absolute atomic E-state index is 12.4. The molecule has 0 aromatic carbocycles. The van der Waals surface area contributed by atoms with Gasteiger partial charge in [-0.2, -0.15) is 0 Å². The Morgan fingerprint density at radius 3 is 2.94 bits per heavy atom. The van der Waals surface area contributed by atoms with Gasteiger partial charge < -0.3 is 9.88 Å². The van der Waals surface area contributed by atoms with E-state index in [9.17, 15) is 9.59 Å². The molecule has 1 fully saturated rings. The third-order valence-corrected chi connectivity index (χ3v) is 4.18. The highest BCUT2D eigenvalue weighted by molar-refractivity contribution is 5.95. The quantitative estimate of drug-likeness (QED) is 0.754. The van der Waals surface area contributed by atoms with E-state index < -0.39 is 0 Å². The lowest BCUT2D eigenvalue weighted by Crippen LogP contribution is -2.45. The highest BCUT2D eigenvalue weighted by Gasteiger charge is 2.32. The molecule has 2 atom stereocenters. The smallest absolute Gasteiger partial charge is 0.261 e. The molecule has 3 heterocycles. The van der Waals surface area contributed by atoms with Crippen LogP contribution < -0.4 is 10.9 Å². The van der Waals surface area contributed by atoms with E-state index in [0.29, 0.717) is 17.4 Å². The van der Waals surface area contributed by atoms with Gasteiger partial charge in [0.05, 0.1) is 5.56 Å². The Kier molecular flexibility index (Phi) is 2.63. The average Bonchev–Trinajstić information content (AvgIpc) is 2.31. The van der Waals surface area contributed by atoms with Gasteiger partial charge in [0.15, 0.2) is 5.78 Å². The molecule has 1 aromatic rings. The van der Waals surface area contributed by atoms with Crippen molar-refractivity contribution in [2.24, 2.45) is 5.92 Å². The lowest BCUT2D eigenvalue weighted by Gasteiger charge is -2.37. The van der Waals surface area contributed by atoms with E-state index in [1.165, 1.54) is 6.92 Å². The van der Waals surface area contributed by atoms with Gasteiger partial charge in [0.2, 0.25) is 0 Å². The fraction of sp³-hybridized carbons (Fsp3) is 0.571. The van der Waals surface area contributed by atoms with Crippen molar-refractivity contribution < 1.29 is 4.79 Å². The summed E-state index contributed by atoms with van der Waals surface area (Å²) < 4.78 is 1.84. The number of hydrogen-bond acceptors (Lipinski definition) is 3. The van der Waals surface area contributed by atoms with Crippen LogP contribution >= 0.6 is 0 Å². The molecular weight excluding hydrogens is 228 g/mol. The van der Waals surface area contributed by atoms with Crippen LogP contribution in [0.5, 0.6) is 0 Å². The van der Waals surface area contributed by atoms with Crippen LogP contribution in [0.15, 0.2) is 10.9 Å². The molecule has 2 aliphatic heterocycles. The predicted molar refractivity (Wildman–Crippen MR) is 69.2 cm³/mol. The number of pyridine rings is 1. The van der Waals surface area contributed by atoms with Crippen molar-refractivity contribution in [3.63, 3.8) is 0 Å². The van der Waals surface area contributed by atoms with Crippen LogP contribution in [-0.2, 0) is 6.54 Å². The van der Waals surface area contributed by atoms with E-state index >= 15 is 0 Å². The van der Waals surface area contributed by atoms with Crippen LogP contribution in [0.25, 0.3) is 0 Å². The Labute approximate surface area is 106 Å². The molecule has 0 saturated carbocycles.